The Balaban J connectivity index is 1.87. The zero-order valence-electron chi connectivity index (χ0n) is 25.7. The van der Waals surface area contributed by atoms with E-state index in [0.717, 1.165) is 11.1 Å². The molecule has 0 bridgehead atoms. The number of thioether (sulfide) groups is 1. The van der Waals surface area contributed by atoms with Crippen LogP contribution in [0.3, 0.4) is 0 Å². The molecule has 0 aliphatic carbocycles. The fourth-order valence-corrected chi connectivity index (χ4v) is 5.12. The van der Waals surface area contributed by atoms with Crippen molar-refractivity contribution in [3.05, 3.63) is 41.1 Å². The van der Waals surface area contributed by atoms with Crippen molar-refractivity contribution in [1.82, 2.24) is 19.7 Å². The van der Waals surface area contributed by atoms with E-state index in [1.54, 1.807) is 60.3 Å². The van der Waals surface area contributed by atoms with Gasteiger partial charge in [0.25, 0.3) is 0 Å². The second-order valence-electron chi connectivity index (χ2n) is 11.8. The third-order valence-corrected chi connectivity index (χ3v) is 6.91. The molecule has 230 valence electrons. The van der Waals surface area contributed by atoms with Crippen molar-refractivity contribution < 1.29 is 33.3 Å². The maximum Gasteiger partial charge on any atom is 0.427 e. The predicted molar refractivity (Wildman–Crippen MR) is 162 cm³/mol. The number of hydrogen-bond acceptors (Lipinski definition) is 11. The molecular formula is C30H37N5O7S. The quantitative estimate of drug-likeness (QED) is 0.177. The van der Waals surface area contributed by atoms with E-state index in [1.807, 2.05) is 30.3 Å². The van der Waals surface area contributed by atoms with Crippen LogP contribution < -0.4 is 9.64 Å². The molecule has 0 atom stereocenters. The molecule has 3 aromatic rings. The van der Waals surface area contributed by atoms with Crippen molar-refractivity contribution in [2.75, 3.05) is 24.4 Å². The van der Waals surface area contributed by atoms with E-state index in [9.17, 15) is 14.4 Å². The van der Waals surface area contributed by atoms with E-state index >= 15 is 0 Å². The van der Waals surface area contributed by atoms with Gasteiger partial charge in [-0.25, -0.2) is 19.3 Å². The fourth-order valence-electron chi connectivity index (χ4n) is 4.12. The van der Waals surface area contributed by atoms with Gasteiger partial charge in [0.05, 0.1) is 37.8 Å². The van der Waals surface area contributed by atoms with Crippen LogP contribution in [0.1, 0.15) is 66.1 Å². The monoisotopic (exact) mass is 611 g/mol. The summed E-state index contributed by atoms with van der Waals surface area (Å²) >= 11 is 1.35. The van der Waals surface area contributed by atoms with Gasteiger partial charge in [-0.1, -0.05) is 12.1 Å². The summed E-state index contributed by atoms with van der Waals surface area (Å²) < 4.78 is 23.2. The Morgan fingerprint density at radius 1 is 0.977 bits per heavy atom. The molecule has 2 aromatic heterocycles. The first-order chi connectivity index (χ1) is 20.2. The number of hydrogen-bond donors (Lipinski definition) is 0. The van der Waals surface area contributed by atoms with Crippen LogP contribution in [-0.2, 0) is 25.5 Å². The molecular weight excluding hydrogens is 574 g/mol. The van der Waals surface area contributed by atoms with Gasteiger partial charge < -0.3 is 18.9 Å². The van der Waals surface area contributed by atoms with Crippen molar-refractivity contribution in [1.29, 1.82) is 0 Å². The molecule has 1 aliphatic rings. The Morgan fingerprint density at radius 2 is 1.60 bits per heavy atom. The molecule has 3 heterocycles. The van der Waals surface area contributed by atoms with Crippen LogP contribution in [0.4, 0.5) is 15.5 Å². The van der Waals surface area contributed by atoms with Crippen molar-refractivity contribution in [3.8, 4) is 5.75 Å². The summed E-state index contributed by atoms with van der Waals surface area (Å²) in [6, 6.07) is 7.50. The Morgan fingerprint density at radius 3 is 2.16 bits per heavy atom. The molecule has 1 aromatic carbocycles. The predicted octanol–water partition coefficient (Wildman–Crippen LogP) is 6.00. The lowest BCUT2D eigenvalue weighted by molar-refractivity contribution is -0.142. The Kier molecular flexibility index (Phi) is 9.33. The van der Waals surface area contributed by atoms with E-state index in [1.165, 1.54) is 11.8 Å². The van der Waals surface area contributed by atoms with Crippen LogP contribution in [0.5, 0.6) is 5.75 Å². The van der Waals surface area contributed by atoms with Crippen LogP contribution in [0.2, 0.25) is 0 Å². The maximum atomic E-state index is 13.4. The molecule has 0 fully saturated rings. The minimum Gasteiger partial charge on any atom is -0.497 e. The van der Waals surface area contributed by atoms with Crippen LogP contribution in [-0.4, -0.2) is 68.6 Å². The van der Waals surface area contributed by atoms with Crippen LogP contribution in [0.25, 0.3) is 17.1 Å². The number of benzene rings is 1. The molecule has 0 saturated carbocycles. The number of imide groups is 1. The van der Waals surface area contributed by atoms with E-state index in [0.29, 0.717) is 44.7 Å². The number of esters is 1. The van der Waals surface area contributed by atoms with E-state index in [2.05, 4.69) is 9.97 Å². The standard InChI is InChI=1S/C30H37N5O7S/c1-9-40-22(36)15-19-14-21-23-24(34(33-21)16-18-10-12-20(39-8)13-11-18)31-26(32-25(23)43-17-19)35(27(37)41-29(2,3)4)28(38)42-30(5,6)7/h10-14H,9,15-17H2,1-8H3. The topological polar surface area (TPSA) is 135 Å². The molecule has 0 unspecified atom stereocenters. The number of aromatic nitrogens is 4. The highest BCUT2D eigenvalue weighted by atomic mass is 32.2. The van der Waals surface area contributed by atoms with E-state index in [-0.39, 0.29) is 24.9 Å². The Labute approximate surface area is 254 Å². The van der Waals surface area contributed by atoms with Gasteiger partial charge >= 0.3 is 18.2 Å². The molecule has 4 rings (SSSR count). The van der Waals surface area contributed by atoms with Crippen LogP contribution in [0, 0.1) is 0 Å². The first kappa shape index (κ1) is 31.8. The number of ether oxygens (including phenoxy) is 4. The van der Waals surface area contributed by atoms with E-state index < -0.39 is 23.4 Å². The number of amides is 2. The second-order valence-corrected chi connectivity index (χ2v) is 12.8. The lowest BCUT2D eigenvalue weighted by atomic mass is 10.1. The second kappa shape index (κ2) is 12.6. The third kappa shape index (κ3) is 8.04. The van der Waals surface area contributed by atoms with Gasteiger partial charge in [0.15, 0.2) is 5.65 Å². The molecule has 13 heteroatoms. The first-order valence-electron chi connectivity index (χ1n) is 13.8. The average Bonchev–Trinajstić information content (AvgIpc) is 3.12. The molecule has 0 N–H and O–H groups in total. The zero-order valence-corrected chi connectivity index (χ0v) is 26.5. The average molecular weight is 612 g/mol. The number of nitrogens with zero attached hydrogens (tertiary/aromatic N) is 5. The van der Waals surface area contributed by atoms with Crippen LogP contribution in [0.15, 0.2) is 34.9 Å². The smallest absolute Gasteiger partial charge is 0.427 e. The van der Waals surface area contributed by atoms with Gasteiger partial charge in [0.2, 0.25) is 5.95 Å². The molecule has 1 aliphatic heterocycles. The highest BCUT2D eigenvalue weighted by molar-refractivity contribution is 7.99. The lowest BCUT2D eigenvalue weighted by Crippen LogP contribution is -2.44. The van der Waals surface area contributed by atoms with Crippen molar-refractivity contribution in [2.24, 2.45) is 0 Å². The van der Waals surface area contributed by atoms with E-state index in [4.69, 9.17) is 24.0 Å². The summed E-state index contributed by atoms with van der Waals surface area (Å²) in [5.74, 6) is 0.569. The van der Waals surface area contributed by atoms with Gasteiger partial charge in [0.1, 0.15) is 22.0 Å². The summed E-state index contributed by atoms with van der Waals surface area (Å²) in [7, 11) is 1.60. The van der Waals surface area contributed by atoms with Crippen LogP contribution >= 0.6 is 11.8 Å². The number of anilines is 1. The highest BCUT2D eigenvalue weighted by Crippen LogP contribution is 2.37. The summed E-state index contributed by atoms with van der Waals surface area (Å²) in [5, 5.41) is 5.94. The molecule has 43 heavy (non-hydrogen) atoms. The van der Waals surface area contributed by atoms with Gasteiger partial charge in [-0.2, -0.15) is 10.1 Å². The highest BCUT2D eigenvalue weighted by Gasteiger charge is 2.36. The summed E-state index contributed by atoms with van der Waals surface area (Å²) in [6.07, 6.45) is -0.0244. The molecule has 0 spiro atoms. The van der Waals surface area contributed by atoms with Gasteiger partial charge in [-0.3, -0.25) is 4.79 Å². The third-order valence-electron chi connectivity index (χ3n) is 5.83. The minimum absolute atomic E-state index is 0.0872. The fraction of sp³-hybridized carbons (Fsp3) is 0.467. The summed E-state index contributed by atoms with van der Waals surface area (Å²) in [6.45, 7) is 12.5. The molecule has 0 radical (unpaired) electrons. The van der Waals surface area contributed by atoms with Gasteiger partial charge in [-0.15, -0.1) is 16.7 Å². The number of methoxy groups -OCH3 is 1. The minimum atomic E-state index is -0.977. The molecule has 2 amide bonds. The van der Waals surface area contributed by atoms with Crippen molar-refractivity contribution in [3.63, 3.8) is 0 Å². The Bertz CT molecular complexity index is 1520. The first-order valence-corrected chi connectivity index (χ1v) is 14.8. The van der Waals surface area contributed by atoms with Crippen molar-refractivity contribution >= 4 is 53.0 Å². The SMILES string of the molecule is CCOC(=O)CC1=Cc2nn(Cc3ccc(OC)cc3)c3nc(N(C(=O)OC(C)(C)C)C(=O)OC(C)(C)C)nc(c23)SC1. The summed E-state index contributed by atoms with van der Waals surface area (Å²) in [4.78, 5) is 49.1. The molecule has 12 nitrogen and oxygen atoms in total. The number of rotatable bonds is 7. The maximum absolute atomic E-state index is 13.4. The number of carbonyl (C=O) groups is 3. The summed E-state index contributed by atoms with van der Waals surface area (Å²) in [5.41, 5.74) is 0.846. The lowest BCUT2D eigenvalue weighted by Gasteiger charge is -2.27. The van der Waals surface area contributed by atoms with Gasteiger partial charge in [-0.05, 0) is 77.8 Å². The molecule has 0 saturated heterocycles. The van der Waals surface area contributed by atoms with Gasteiger partial charge in [0, 0.05) is 5.75 Å². The largest absolute Gasteiger partial charge is 0.497 e. The normalized spacial score (nSPS) is 13.2. The number of carbonyl (C=O) groups excluding carboxylic acids is 3. The Hall–Kier alpha value is -4.13. The van der Waals surface area contributed by atoms with Crippen molar-refractivity contribution in [2.45, 2.75) is 77.7 Å². The zero-order chi connectivity index (χ0) is 31.5.